The van der Waals surface area contributed by atoms with Crippen LogP contribution in [0.3, 0.4) is 0 Å². The lowest BCUT2D eigenvalue weighted by atomic mass is 10.0. The molecule has 4 rings (SSSR count). The van der Waals surface area contributed by atoms with Gasteiger partial charge in [-0.05, 0) is 45.5 Å². The summed E-state index contributed by atoms with van der Waals surface area (Å²) in [4.78, 5) is 32.3. The zero-order valence-corrected chi connectivity index (χ0v) is 18.2. The highest BCUT2D eigenvalue weighted by molar-refractivity contribution is 6.11. The van der Waals surface area contributed by atoms with Gasteiger partial charge in [0.1, 0.15) is 5.58 Å². The number of ketones is 1. The average molecular weight is 413 g/mol. The molecule has 2 unspecified atom stereocenters. The first kappa shape index (κ1) is 21.0. The van der Waals surface area contributed by atoms with E-state index in [1.165, 1.54) is 26.3 Å². The van der Waals surface area contributed by atoms with Crippen LogP contribution in [0.1, 0.15) is 37.2 Å². The van der Waals surface area contributed by atoms with E-state index in [0.29, 0.717) is 17.3 Å². The number of fused-ring (bicyclic) bond motifs is 1. The molecule has 2 fully saturated rings. The molecule has 0 bridgehead atoms. The summed E-state index contributed by atoms with van der Waals surface area (Å²) < 4.78 is 5.69. The first-order chi connectivity index (χ1) is 14.4. The third-order valence-corrected chi connectivity index (χ3v) is 6.56. The van der Waals surface area contributed by atoms with Crippen molar-refractivity contribution >= 4 is 28.3 Å². The number of hydrogen-bond acceptors (Lipinski definition) is 6. The van der Waals surface area contributed by atoms with Crippen molar-refractivity contribution in [2.75, 3.05) is 51.6 Å². The monoisotopic (exact) mass is 412 g/mol. The molecule has 2 saturated heterocycles. The number of amides is 1. The molecule has 2 aliphatic rings. The molecule has 1 N–H and O–H groups in total. The molecular weight excluding hydrogens is 380 g/mol. The Morgan fingerprint density at radius 1 is 1.13 bits per heavy atom. The molecule has 1 aromatic heterocycles. The number of carbonyl (C=O) groups is 2. The van der Waals surface area contributed by atoms with E-state index < -0.39 is 0 Å². The van der Waals surface area contributed by atoms with Gasteiger partial charge in [0.2, 0.25) is 5.91 Å². The number of piperidine rings is 1. The van der Waals surface area contributed by atoms with Crippen LogP contribution >= 0.6 is 0 Å². The zero-order valence-electron chi connectivity index (χ0n) is 18.2. The lowest BCUT2D eigenvalue weighted by Crippen LogP contribution is -2.57. The minimum absolute atomic E-state index is 0.102. The molecule has 2 aromatic rings. The van der Waals surface area contributed by atoms with Gasteiger partial charge < -0.3 is 14.6 Å². The maximum absolute atomic E-state index is 13.0. The SMILES string of the molecule is CC(=O)c1oc2ccccc2c1NC(=O)C(C)N1CCN(C2CCCN(C)C2)CC1. The van der Waals surface area contributed by atoms with Crippen LogP contribution in [0, 0.1) is 0 Å². The quantitative estimate of drug-likeness (QED) is 0.762. The fraction of sp³-hybridized carbons (Fsp3) is 0.565. The van der Waals surface area contributed by atoms with Crippen LogP contribution in [-0.4, -0.2) is 84.8 Å². The number of likely N-dealkylation sites (tertiary alicyclic amines) is 1. The van der Waals surface area contributed by atoms with Gasteiger partial charge in [-0.3, -0.25) is 19.4 Å². The molecule has 3 heterocycles. The first-order valence-electron chi connectivity index (χ1n) is 10.9. The Kier molecular flexibility index (Phi) is 6.22. The Morgan fingerprint density at radius 3 is 2.57 bits per heavy atom. The summed E-state index contributed by atoms with van der Waals surface area (Å²) in [6, 6.07) is 7.77. The van der Waals surface area contributed by atoms with Gasteiger partial charge in [0.25, 0.3) is 0 Å². The van der Waals surface area contributed by atoms with Gasteiger partial charge in [0.15, 0.2) is 11.5 Å². The van der Waals surface area contributed by atoms with Crippen molar-refractivity contribution in [1.29, 1.82) is 0 Å². The van der Waals surface area contributed by atoms with E-state index in [1.54, 1.807) is 0 Å². The maximum Gasteiger partial charge on any atom is 0.241 e. The summed E-state index contributed by atoms with van der Waals surface area (Å²) >= 11 is 0. The number of likely N-dealkylation sites (N-methyl/N-ethyl adjacent to an activating group) is 1. The van der Waals surface area contributed by atoms with Crippen molar-refractivity contribution in [2.24, 2.45) is 0 Å². The van der Waals surface area contributed by atoms with Crippen LogP contribution in [0.2, 0.25) is 0 Å². The standard InChI is InChI=1S/C23H32N4O3/c1-16(26-11-13-27(14-12-26)18-7-6-10-25(3)15-18)23(29)24-21-19-8-4-5-9-20(19)30-22(21)17(2)28/h4-5,8-9,16,18H,6-7,10-15H2,1-3H3,(H,24,29). The molecule has 1 aromatic carbocycles. The first-order valence-corrected chi connectivity index (χ1v) is 10.9. The van der Waals surface area contributed by atoms with E-state index in [-0.39, 0.29) is 23.5 Å². The number of nitrogens with zero attached hydrogens (tertiary/aromatic N) is 3. The largest absolute Gasteiger partial charge is 0.451 e. The van der Waals surface area contributed by atoms with Crippen molar-refractivity contribution in [1.82, 2.24) is 14.7 Å². The molecule has 7 nitrogen and oxygen atoms in total. The fourth-order valence-electron chi connectivity index (χ4n) is 4.74. The lowest BCUT2D eigenvalue weighted by molar-refractivity contribution is -0.121. The number of nitrogens with one attached hydrogen (secondary N) is 1. The van der Waals surface area contributed by atoms with Crippen LogP contribution in [0.4, 0.5) is 5.69 Å². The number of rotatable bonds is 5. The molecule has 1 amide bonds. The summed E-state index contributed by atoms with van der Waals surface area (Å²) in [6.45, 7) is 9.46. The van der Waals surface area contributed by atoms with Crippen LogP contribution in [0.25, 0.3) is 11.0 Å². The Balaban J connectivity index is 1.40. The number of furan rings is 1. The van der Waals surface area contributed by atoms with E-state index in [1.807, 2.05) is 31.2 Å². The number of Topliss-reactive ketones (excluding diaryl/α,β-unsaturated/α-hetero) is 1. The van der Waals surface area contributed by atoms with E-state index in [4.69, 9.17) is 4.42 Å². The zero-order chi connectivity index (χ0) is 21.3. The van der Waals surface area contributed by atoms with Gasteiger partial charge in [0.05, 0.1) is 11.7 Å². The van der Waals surface area contributed by atoms with Crippen molar-refractivity contribution in [3.8, 4) is 0 Å². The molecule has 30 heavy (non-hydrogen) atoms. The highest BCUT2D eigenvalue weighted by Crippen LogP contribution is 2.31. The number of anilines is 1. The fourth-order valence-corrected chi connectivity index (χ4v) is 4.74. The topological polar surface area (TPSA) is 69.0 Å². The predicted octanol–water partition coefficient (Wildman–Crippen LogP) is 2.67. The third-order valence-electron chi connectivity index (χ3n) is 6.56. The number of benzene rings is 1. The Labute approximate surface area is 178 Å². The van der Waals surface area contributed by atoms with Gasteiger partial charge >= 0.3 is 0 Å². The van der Waals surface area contributed by atoms with E-state index in [0.717, 1.165) is 38.1 Å². The number of hydrogen-bond donors (Lipinski definition) is 1. The van der Waals surface area contributed by atoms with E-state index in [2.05, 4.69) is 27.1 Å². The molecular formula is C23H32N4O3. The van der Waals surface area contributed by atoms with Gasteiger partial charge in [-0.1, -0.05) is 12.1 Å². The van der Waals surface area contributed by atoms with Crippen LogP contribution in [-0.2, 0) is 4.79 Å². The van der Waals surface area contributed by atoms with Crippen molar-refractivity contribution < 1.29 is 14.0 Å². The van der Waals surface area contributed by atoms with E-state index in [9.17, 15) is 9.59 Å². The Bertz CT molecular complexity index is 916. The Morgan fingerprint density at radius 2 is 1.87 bits per heavy atom. The number of piperazine rings is 1. The van der Waals surface area contributed by atoms with E-state index >= 15 is 0 Å². The van der Waals surface area contributed by atoms with Gasteiger partial charge in [-0.25, -0.2) is 0 Å². The van der Waals surface area contributed by atoms with Crippen LogP contribution in [0.5, 0.6) is 0 Å². The third kappa shape index (κ3) is 4.29. The predicted molar refractivity (Wildman–Crippen MR) is 118 cm³/mol. The van der Waals surface area contributed by atoms with Gasteiger partial charge in [-0.2, -0.15) is 0 Å². The molecule has 162 valence electrons. The minimum atomic E-state index is -0.269. The molecule has 0 aliphatic carbocycles. The molecule has 2 atom stereocenters. The molecule has 0 radical (unpaired) electrons. The number of para-hydroxylation sites is 1. The van der Waals surface area contributed by atoms with Crippen LogP contribution in [0.15, 0.2) is 28.7 Å². The Hall–Kier alpha value is -2.22. The van der Waals surface area contributed by atoms with Crippen molar-refractivity contribution in [2.45, 2.75) is 38.8 Å². The summed E-state index contributed by atoms with van der Waals surface area (Å²) in [7, 11) is 2.20. The summed E-state index contributed by atoms with van der Waals surface area (Å²) in [5, 5.41) is 3.74. The normalized spacial score (nSPS) is 22.8. The second-order valence-electron chi connectivity index (χ2n) is 8.65. The van der Waals surface area contributed by atoms with Crippen molar-refractivity contribution in [3.63, 3.8) is 0 Å². The highest BCUT2D eigenvalue weighted by Gasteiger charge is 2.31. The minimum Gasteiger partial charge on any atom is -0.451 e. The smallest absolute Gasteiger partial charge is 0.241 e. The van der Waals surface area contributed by atoms with Gasteiger partial charge in [-0.15, -0.1) is 0 Å². The molecule has 0 saturated carbocycles. The second kappa shape index (κ2) is 8.88. The van der Waals surface area contributed by atoms with Crippen LogP contribution < -0.4 is 5.32 Å². The molecule has 0 spiro atoms. The second-order valence-corrected chi connectivity index (χ2v) is 8.65. The number of carbonyl (C=O) groups excluding carboxylic acids is 2. The summed E-state index contributed by atoms with van der Waals surface area (Å²) in [6.07, 6.45) is 2.53. The summed E-state index contributed by atoms with van der Waals surface area (Å²) in [5.74, 6) is -0.0851. The maximum atomic E-state index is 13.0. The van der Waals surface area contributed by atoms with Crippen molar-refractivity contribution in [3.05, 3.63) is 30.0 Å². The average Bonchev–Trinajstić information content (AvgIpc) is 3.12. The van der Waals surface area contributed by atoms with Gasteiger partial charge in [0, 0.05) is 51.1 Å². The molecule has 7 heteroatoms. The lowest BCUT2D eigenvalue weighted by Gasteiger charge is -2.43. The summed E-state index contributed by atoms with van der Waals surface area (Å²) in [5.41, 5.74) is 1.09. The molecule has 2 aliphatic heterocycles. The highest BCUT2D eigenvalue weighted by atomic mass is 16.3.